The molecule has 0 saturated carbocycles. The fourth-order valence-corrected chi connectivity index (χ4v) is 1.69. The van der Waals surface area contributed by atoms with E-state index in [4.69, 9.17) is 9.47 Å². The number of hydrogen-bond acceptors (Lipinski definition) is 4. The zero-order valence-corrected chi connectivity index (χ0v) is 13.1. The van der Waals surface area contributed by atoms with E-state index in [0.29, 0.717) is 6.61 Å². The molecule has 2 N–H and O–H groups in total. The molecule has 1 amide bonds. The number of aliphatic hydroxyl groups excluding tert-OH is 1. The number of rotatable bonds is 6. The minimum absolute atomic E-state index is 0.213. The number of benzene rings is 1. The number of aliphatic hydroxyl groups is 1. The molecule has 1 aromatic carbocycles. The van der Waals surface area contributed by atoms with Gasteiger partial charge in [0.1, 0.15) is 5.60 Å². The normalized spacial score (nSPS) is 14.3. The lowest BCUT2D eigenvalue weighted by Gasteiger charge is -2.26. The lowest BCUT2D eigenvalue weighted by atomic mass is 10.2. The van der Waals surface area contributed by atoms with Crippen molar-refractivity contribution in [2.45, 2.75) is 52.0 Å². The summed E-state index contributed by atoms with van der Waals surface area (Å²) in [5, 5.41) is 12.0. The summed E-state index contributed by atoms with van der Waals surface area (Å²) in [5.74, 6) is 0. The van der Waals surface area contributed by atoms with E-state index < -0.39 is 17.7 Å². The maximum absolute atomic E-state index is 11.7. The van der Waals surface area contributed by atoms with Gasteiger partial charge < -0.3 is 19.9 Å². The summed E-state index contributed by atoms with van der Waals surface area (Å²) in [7, 11) is 0. The molecular formula is C16H25NO4. The third-order valence-electron chi connectivity index (χ3n) is 2.82. The topological polar surface area (TPSA) is 67.8 Å². The number of carbonyl (C=O) groups is 1. The molecule has 0 saturated heterocycles. The zero-order valence-electron chi connectivity index (χ0n) is 13.1. The van der Waals surface area contributed by atoms with Crippen molar-refractivity contribution >= 4 is 6.09 Å². The molecule has 2 atom stereocenters. The lowest BCUT2D eigenvalue weighted by Crippen LogP contribution is -2.47. The Morgan fingerprint density at radius 1 is 1.29 bits per heavy atom. The fourth-order valence-electron chi connectivity index (χ4n) is 1.69. The van der Waals surface area contributed by atoms with Crippen LogP contribution in [0.25, 0.3) is 0 Å². The predicted molar refractivity (Wildman–Crippen MR) is 80.9 cm³/mol. The highest BCUT2D eigenvalue weighted by Gasteiger charge is 2.23. The second-order valence-electron chi connectivity index (χ2n) is 5.94. The standard InChI is InChI=1S/C16H25NO4/c1-12(20-11-13-8-6-5-7-9-13)14(10-18)17-15(19)21-16(2,3)4/h5-9,12,14,18H,10-11H2,1-4H3,(H,17,19)/t12-,14-/m0/s1. The van der Waals surface area contributed by atoms with E-state index in [-0.39, 0.29) is 12.7 Å². The third kappa shape index (κ3) is 7.11. The van der Waals surface area contributed by atoms with Gasteiger partial charge in [-0.2, -0.15) is 0 Å². The number of carbonyl (C=O) groups excluding carboxylic acids is 1. The Morgan fingerprint density at radius 2 is 1.90 bits per heavy atom. The van der Waals surface area contributed by atoms with Crippen LogP contribution in [0.15, 0.2) is 30.3 Å². The van der Waals surface area contributed by atoms with Gasteiger partial charge in [0.05, 0.1) is 25.4 Å². The average molecular weight is 295 g/mol. The summed E-state index contributed by atoms with van der Waals surface area (Å²) in [5.41, 5.74) is 0.469. The first-order valence-corrected chi connectivity index (χ1v) is 7.07. The number of amides is 1. The van der Waals surface area contributed by atoms with Gasteiger partial charge in [-0.05, 0) is 33.3 Å². The molecular weight excluding hydrogens is 270 g/mol. The van der Waals surface area contributed by atoms with Crippen LogP contribution in [0.3, 0.4) is 0 Å². The number of hydrogen-bond donors (Lipinski definition) is 2. The molecule has 0 radical (unpaired) electrons. The van der Waals surface area contributed by atoms with E-state index in [1.54, 1.807) is 27.7 Å². The number of ether oxygens (including phenoxy) is 2. The van der Waals surface area contributed by atoms with Crippen molar-refractivity contribution in [2.75, 3.05) is 6.61 Å². The smallest absolute Gasteiger partial charge is 0.408 e. The van der Waals surface area contributed by atoms with Crippen LogP contribution in [-0.4, -0.2) is 35.6 Å². The molecule has 0 spiro atoms. The first kappa shape index (κ1) is 17.5. The Kier molecular flexibility index (Phi) is 6.65. The molecule has 0 unspecified atom stereocenters. The SMILES string of the molecule is C[C@H](OCc1ccccc1)[C@H](CO)NC(=O)OC(C)(C)C. The summed E-state index contributed by atoms with van der Waals surface area (Å²) < 4.78 is 10.8. The van der Waals surface area contributed by atoms with Crippen LogP contribution in [0.2, 0.25) is 0 Å². The summed E-state index contributed by atoms with van der Waals surface area (Å²) in [6, 6.07) is 9.22. The molecule has 0 aliphatic heterocycles. The van der Waals surface area contributed by atoms with E-state index in [9.17, 15) is 9.90 Å². The quantitative estimate of drug-likeness (QED) is 0.846. The molecule has 1 aromatic rings. The summed E-state index contributed by atoms with van der Waals surface area (Å²) in [6.07, 6.45) is -0.889. The van der Waals surface area contributed by atoms with Crippen LogP contribution in [0.1, 0.15) is 33.3 Å². The highest BCUT2D eigenvalue weighted by molar-refractivity contribution is 5.68. The van der Waals surface area contributed by atoms with Gasteiger partial charge in [-0.3, -0.25) is 0 Å². The van der Waals surface area contributed by atoms with Crippen LogP contribution in [0.4, 0.5) is 4.79 Å². The maximum Gasteiger partial charge on any atom is 0.408 e. The molecule has 0 aliphatic rings. The maximum atomic E-state index is 11.7. The summed E-state index contributed by atoms with van der Waals surface area (Å²) in [6.45, 7) is 7.38. The molecule has 0 fully saturated rings. The largest absolute Gasteiger partial charge is 0.444 e. The minimum atomic E-state index is -0.571. The fraction of sp³-hybridized carbons (Fsp3) is 0.562. The number of nitrogens with one attached hydrogen (secondary N) is 1. The van der Waals surface area contributed by atoms with Crippen molar-refractivity contribution in [3.63, 3.8) is 0 Å². The Labute approximate surface area is 126 Å². The first-order chi connectivity index (χ1) is 9.81. The van der Waals surface area contributed by atoms with Gasteiger partial charge in [-0.15, -0.1) is 0 Å². The van der Waals surface area contributed by atoms with Crippen molar-refractivity contribution < 1.29 is 19.4 Å². The van der Waals surface area contributed by atoms with E-state index >= 15 is 0 Å². The van der Waals surface area contributed by atoms with Crippen LogP contribution in [-0.2, 0) is 16.1 Å². The monoisotopic (exact) mass is 295 g/mol. The van der Waals surface area contributed by atoms with Gasteiger partial charge >= 0.3 is 6.09 Å². The first-order valence-electron chi connectivity index (χ1n) is 7.07. The van der Waals surface area contributed by atoms with Crippen LogP contribution in [0, 0.1) is 0 Å². The average Bonchev–Trinajstić information content (AvgIpc) is 2.41. The molecule has 5 heteroatoms. The number of alkyl carbamates (subject to hydrolysis) is 1. The lowest BCUT2D eigenvalue weighted by molar-refractivity contribution is 0.00227. The molecule has 0 bridgehead atoms. The molecule has 0 heterocycles. The van der Waals surface area contributed by atoms with Crippen molar-refractivity contribution in [1.82, 2.24) is 5.32 Å². The van der Waals surface area contributed by atoms with Crippen molar-refractivity contribution in [1.29, 1.82) is 0 Å². The van der Waals surface area contributed by atoms with Gasteiger partial charge in [0.25, 0.3) is 0 Å². The third-order valence-corrected chi connectivity index (χ3v) is 2.82. The second-order valence-corrected chi connectivity index (χ2v) is 5.94. The molecule has 21 heavy (non-hydrogen) atoms. The zero-order chi connectivity index (χ0) is 15.9. The van der Waals surface area contributed by atoms with E-state index in [0.717, 1.165) is 5.56 Å². The molecule has 0 aliphatic carbocycles. The minimum Gasteiger partial charge on any atom is -0.444 e. The summed E-state index contributed by atoms with van der Waals surface area (Å²) in [4.78, 5) is 11.7. The van der Waals surface area contributed by atoms with E-state index in [1.165, 1.54) is 0 Å². The Morgan fingerprint density at radius 3 is 2.43 bits per heavy atom. The van der Waals surface area contributed by atoms with Gasteiger partial charge in [-0.25, -0.2) is 4.79 Å². The van der Waals surface area contributed by atoms with Crippen molar-refractivity contribution in [3.05, 3.63) is 35.9 Å². The van der Waals surface area contributed by atoms with E-state index in [1.807, 2.05) is 30.3 Å². The molecule has 1 rings (SSSR count). The Bertz CT molecular complexity index is 428. The van der Waals surface area contributed by atoms with Crippen LogP contribution < -0.4 is 5.32 Å². The highest BCUT2D eigenvalue weighted by atomic mass is 16.6. The van der Waals surface area contributed by atoms with Gasteiger partial charge in [0, 0.05) is 0 Å². The van der Waals surface area contributed by atoms with Crippen LogP contribution in [0.5, 0.6) is 0 Å². The highest BCUT2D eigenvalue weighted by Crippen LogP contribution is 2.09. The van der Waals surface area contributed by atoms with E-state index in [2.05, 4.69) is 5.32 Å². The van der Waals surface area contributed by atoms with Crippen molar-refractivity contribution in [2.24, 2.45) is 0 Å². The predicted octanol–water partition coefficient (Wildman–Crippen LogP) is 2.48. The van der Waals surface area contributed by atoms with Crippen molar-refractivity contribution in [3.8, 4) is 0 Å². The Balaban J connectivity index is 2.45. The second kappa shape index (κ2) is 8.00. The Hall–Kier alpha value is -1.59. The summed E-state index contributed by atoms with van der Waals surface area (Å²) >= 11 is 0. The van der Waals surface area contributed by atoms with Gasteiger partial charge in [0.15, 0.2) is 0 Å². The van der Waals surface area contributed by atoms with Gasteiger partial charge in [-0.1, -0.05) is 30.3 Å². The van der Waals surface area contributed by atoms with Crippen LogP contribution >= 0.6 is 0 Å². The molecule has 0 aromatic heterocycles. The van der Waals surface area contributed by atoms with Gasteiger partial charge in [0.2, 0.25) is 0 Å². The molecule has 5 nitrogen and oxygen atoms in total. The molecule has 118 valence electrons.